The monoisotopic (exact) mass is 153 g/mol. The normalized spacial score (nSPS) is 7.50. The standard InChI is InChI=1S/C2H7N3Se/c1-4-5-2(3)6/h4H,1H3,(H3,3,5,6). The first-order valence-corrected chi connectivity index (χ1v) is 2.35. The van der Waals surface area contributed by atoms with Crippen LogP contribution in [0, 0.1) is 0 Å². The topological polar surface area (TPSA) is 50.1 Å². The van der Waals surface area contributed by atoms with Crippen molar-refractivity contribution in [3.8, 4) is 0 Å². The summed E-state index contributed by atoms with van der Waals surface area (Å²) in [5.41, 5.74) is 10.3. The molecule has 36 valence electrons. The zero-order chi connectivity index (χ0) is 4.99. The summed E-state index contributed by atoms with van der Waals surface area (Å²) >= 11 is 2.56. The second-order valence-corrected chi connectivity index (χ2v) is 1.66. The van der Waals surface area contributed by atoms with E-state index in [0.717, 1.165) is 0 Å². The second-order valence-electron chi connectivity index (χ2n) is 0.739. The van der Waals surface area contributed by atoms with Gasteiger partial charge in [0.1, 0.15) is 0 Å². The molecule has 0 radical (unpaired) electrons. The van der Waals surface area contributed by atoms with Gasteiger partial charge in [-0.05, 0) is 0 Å². The molecule has 0 unspecified atom stereocenters. The van der Waals surface area contributed by atoms with Crippen molar-refractivity contribution in [3.05, 3.63) is 0 Å². The van der Waals surface area contributed by atoms with Crippen molar-refractivity contribution in [1.82, 2.24) is 10.9 Å². The molecular formula is C2H7N3Se. The van der Waals surface area contributed by atoms with Crippen molar-refractivity contribution >= 4 is 20.2 Å². The molecule has 0 amide bonds. The van der Waals surface area contributed by atoms with E-state index in [9.17, 15) is 0 Å². The van der Waals surface area contributed by atoms with Gasteiger partial charge in [0.25, 0.3) is 0 Å². The zero-order valence-electron chi connectivity index (χ0n) is 3.49. The van der Waals surface area contributed by atoms with Crippen LogP contribution in [0.2, 0.25) is 0 Å². The molecule has 0 aliphatic carbocycles. The van der Waals surface area contributed by atoms with Crippen molar-refractivity contribution in [2.75, 3.05) is 7.05 Å². The van der Waals surface area contributed by atoms with Gasteiger partial charge in [0.05, 0.1) is 0 Å². The molecule has 0 atom stereocenters. The van der Waals surface area contributed by atoms with Gasteiger partial charge in [-0.25, -0.2) is 0 Å². The summed E-state index contributed by atoms with van der Waals surface area (Å²) in [6.07, 6.45) is 0. The first-order chi connectivity index (χ1) is 2.77. The predicted molar refractivity (Wildman–Crippen MR) is 27.1 cm³/mol. The first kappa shape index (κ1) is 5.95. The Hall–Kier alpha value is -0.0505. The van der Waals surface area contributed by atoms with Gasteiger partial charge in [-0.15, -0.1) is 0 Å². The minimum absolute atomic E-state index is 0.553. The number of hydrogen-bond acceptors (Lipinski definition) is 3. The van der Waals surface area contributed by atoms with Gasteiger partial charge in [0, 0.05) is 0 Å². The quantitative estimate of drug-likeness (QED) is 0.314. The van der Waals surface area contributed by atoms with Crippen LogP contribution in [0.1, 0.15) is 0 Å². The van der Waals surface area contributed by atoms with Crippen LogP contribution in [0.5, 0.6) is 0 Å². The van der Waals surface area contributed by atoms with E-state index in [0.29, 0.717) is 4.67 Å². The van der Waals surface area contributed by atoms with E-state index in [1.807, 2.05) is 0 Å². The van der Waals surface area contributed by atoms with E-state index in [4.69, 9.17) is 5.73 Å². The number of hydrogen-bond donors (Lipinski definition) is 3. The number of rotatable bonds is 2. The summed E-state index contributed by atoms with van der Waals surface area (Å²) in [6.45, 7) is 0. The van der Waals surface area contributed by atoms with Crippen molar-refractivity contribution in [3.63, 3.8) is 0 Å². The maximum absolute atomic E-state index is 5.09. The predicted octanol–water partition coefficient (Wildman–Crippen LogP) is -2.07. The molecule has 4 heteroatoms. The Labute approximate surface area is 44.6 Å². The first-order valence-electron chi connectivity index (χ1n) is 1.49. The SMILES string of the molecule is CNNC(N)=[Se]. The number of nitrogens with two attached hydrogens (primary N) is 1. The average Bonchev–Trinajstić information content (AvgIpc) is 1.35. The summed E-state index contributed by atoms with van der Waals surface area (Å²) in [4.78, 5) is 0. The van der Waals surface area contributed by atoms with Gasteiger partial charge in [0.2, 0.25) is 0 Å². The Balaban J connectivity index is 2.83. The fraction of sp³-hybridized carbons (Fsp3) is 0.500. The summed E-state index contributed by atoms with van der Waals surface area (Å²) in [6, 6.07) is 0. The van der Waals surface area contributed by atoms with Gasteiger partial charge in [-0.2, -0.15) is 0 Å². The van der Waals surface area contributed by atoms with Crippen LogP contribution in [0.3, 0.4) is 0 Å². The van der Waals surface area contributed by atoms with Gasteiger partial charge in [-0.3, -0.25) is 0 Å². The molecule has 0 heterocycles. The molecule has 0 fully saturated rings. The van der Waals surface area contributed by atoms with Crippen molar-refractivity contribution < 1.29 is 0 Å². The summed E-state index contributed by atoms with van der Waals surface area (Å²) in [5.74, 6) is 0. The summed E-state index contributed by atoms with van der Waals surface area (Å²) in [7, 11) is 1.74. The number of nitrogens with one attached hydrogen (secondary N) is 2. The Morgan fingerprint density at radius 1 is 1.83 bits per heavy atom. The van der Waals surface area contributed by atoms with Crippen molar-refractivity contribution in [2.24, 2.45) is 5.73 Å². The van der Waals surface area contributed by atoms with E-state index >= 15 is 0 Å². The molecule has 0 aromatic heterocycles. The molecule has 0 aliphatic rings. The van der Waals surface area contributed by atoms with Crippen molar-refractivity contribution in [2.45, 2.75) is 0 Å². The maximum atomic E-state index is 5.09. The van der Waals surface area contributed by atoms with Gasteiger partial charge in [-0.1, -0.05) is 0 Å². The van der Waals surface area contributed by atoms with Crippen molar-refractivity contribution in [1.29, 1.82) is 0 Å². The average molecular weight is 152 g/mol. The van der Waals surface area contributed by atoms with E-state index in [1.165, 1.54) is 0 Å². The third-order valence-corrected chi connectivity index (χ3v) is 0.462. The molecule has 0 bridgehead atoms. The Kier molecular flexibility index (Phi) is 3.12. The molecule has 3 nitrogen and oxygen atoms in total. The summed E-state index contributed by atoms with van der Waals surface area (Å²) in [5, 5.41) is 0. The zero-order valence-corrected chi connectivity index (χ0v) is 5.20. The molecule has 0 saturated heterocycles. The molecule has 0 aromatic rings. The van der Waals surface area contributed by atoms with Gasteiger partial charge < -0.3 is 0 Å². The van der Waals surface area contributed by atoms with E-state index < -0.39 is 0 Å². The number of hydrazine groups is 1. The molecule has 4 N–H and O–H groups in total. The van der Waals surface area contributed by atoms with Crippen LogP contribution in [-0.2, 0) is 0 Å². The van der Waals surface area contributed by atoms with Crippen LogP contribution in [0.15, 0.2) is 0 Å². The molecule has 0 aliphatic heterocycles. The third kappa shape index (κ3) is 3.95. The van der Waals surface area contributed by atoms with Crippen LogP contribution in [-0.4, -0.2) is 27.3 Å². The molecule has 0 aromatic carbocycles. The van der Waals surface area contributed by atoms with Crippen LogP contribution in [0.25, 0.3) is 0 Å². The molecule has 0 saturated carbocycles. The fourth-order valence-corrected chi connectivity index (χ4v) is 0.337. The van der Waals surface area contributed by atoms with Crippen LogP contribution in [0.4, 0.5) is 0 Å². The Morgan fingerprint density at radius 3 is 2.33 bits per heavy atom. The van der Waals surface area contributed by atoms with Crippen LogP contribution < -0.4 is 16.6 Å². The molecule has 0 spiro atoms. The Bertz CT molecular complexity index is 52.8. The molecule has 6 heavy (non-hydrogen) atoms. The third-order valence-electron chi connectivity index (χ3n) is 0.248. The van der Waals surface area contributed by atoms with Gasteiger partial charge in [0.15, 0.2) is 0 Å². The molecular weight excluding hydrogens is 145 g/mol. The summed E-state index contributed by atoms with van der Waals surface area (Å²) < 4.78 is 0.553. The van der Waals surface area contributed by atoms with E-state index in [-0.39, 0.29) is 0 Å². The van der Waals surface area contributed by atoms with E-state index in [1.54, 1.807) is 7.05 Å². The van der Waals surface area contributed by atoms with E-state index in [2.05, 4.69) is 26.4 Å². The Morgan fingerprint density at radius 2 is 2.33 bits per heavy atom. The molecule has 0 rings (SSSR count). The second kappa shape index (κ2) is 3.15. The van der Waals surface area contributed by atoms with Crippen LogP contribution >= 0.6 is 0 Å². The fourth-order valence-electron chi connectivity index (χ4n) is 0.123. The minimum atomic E-state index is 0.553. The van der Waals surface area contributed by atoms with Gasteiger partial charge >= 0.3 is 43.9 Å².